The van der Waals surface area contributed by atoms with Crippen molar-refractivity contribution in [2.24, 2.45) is 5.41 Å². The Morgan fingerprint density at radius 1 is 1.23 bits per heavy atom. The zero-order valence-corrected chi connectivity index (χ0v) is 20.5. The first kappa shape index (κ1) is 25.8. The van der Waals surface area contributed by atoms with Gasteiger partial charge in [0.05, 0.1) is 6.26 Å². The molecule has 0 unspecified atom stereocenters. The average molecular weight is 454 g/mol. The number of hydrogen-bond acceptors (Lipinski definition) is 5. The molecule has 2 bridgehead atoms. The number of carbonyl (C=O) groups excluding carboxylic acids is 1. The van der Waals surface area contributed by atoms with E-state index in [0.717, 1.165) is 51.5 Å². The number of ketones is 1. The van der Waals surface area contributed by atoms with Crippen molar-refractivity contribution in [2.75, 3.05) is 19.8 Å². The minimum Gasteiger partial charge on any atom is -0.508 e. The number of piperidine rings is 1. The summed E-state index contributed by atoms with van der Waals surface area (Å²) in [7, 11) is -1.43. The largest absolute Gasteiger partial charge is 0.508 e. The minimum absolute atomic E-state index is 0.0141. The van der Waals surface area contributed by atoms with E-state index in [0.29, 0.717) is 30.3 Å². The van der Waals surface area contributed by atoms with Crippen molar-refractivity contribution in [3.05, 3.63) is 29.3 Å². The number of carbonyl (C=O) groups is 1. The zero-order chi connectivity index (χ0) is 23.4. The number of benzene rings is 1. The lowest BCUT2D eigenvalue weighted by Gasteiger charge is -2.62. The summed E-state index contributed by atoms with van der Waals surface area (Å²) in [5.41, 5.74) is 2.75. The molecule has 31 heavy (non-hydrogen) atoms. The second-order valence-electron chi connectivity index (χ2n) is 9.77. The zero-order valence-electron chi connectivity index (χ0n) is 19.6. The van der Waals surface area contributed by atoms with E-state index in [9.17, 15) is 18.3 Å². The van der Waals surface area contributed by atoms with Gasteiger partial charge < -0.3 is 10.0 Å². The third-order valence-electron chi connectivity index (χ3n) is 7.58. The normalized spacial score (nSPS) is 27.7. The highest BCUT2D eigenvalue weighted by Gasteiger charge is 2.57. The number of likely N-dealkylation sites (N-methyl/N-ethyl adjacent to an activating group) is 1. The maximum Gasteiger partial charge on any atom is 0.261 e. The molecule has 6 nitrogen and oxygen atoms in total. The molecule has 1 aromatic carbocycles. The van der Waals surface area contributed by atoms with Gasteiger partial charge in [0.1, 0.15) is 11.5 Å². The highest BCUT2D eigenvalue weighted by molar-refractivity contribution is 7.85. The molecule has 1 aliphatic heterocycles. The molecule has 176 valence electrons. The van der Waals surface area contributed by atoms with Gasteiger partial charge in [-0.05, 0) is 68.0 Å². The lowest BCUT2D eigenvalue weighted by atomic mass is 9.49. The number of hydrogen-bond donors (Lipinski definition) is 2. The Morgan fingerprint density at radius 3 is 2.48 bits per heavy atom. The number of likely N-dealkylation sites (tertiary alicyclic amines) is 1. The Morgan fingerprint density at radius 2 is 1.87 bits per heavy atom. The van der Waals surface area contributed by atoms with Crippen LogP contribution in [-0.4, -0.2) is 54.7 Å². The van der Waals surface area contributed by atoms with E-state index in [1.807, 2.05) is 12.1 Å². The number of unbranched alkanes of at least 4 members (excludes halogenated alkanes) is 2. The second-order valence-corrected chi connectivity index (χ2v) is 11.2. The fraction of sp³-hybridized carbons (Fsp3) is 0.708. The summed E-state index contributed by atoms with van der Waals surface area (Å²) in [5.74, 6) is 0.783. The molecular weight excluding hydrogens is 414 g/mol. The van der Waals surface area contributed by atoms with Crippen molar-refractivity contribution in [1.29, 1.82) is 0 Å². The molecule has 0 radical (unpaired) electrons. The van der Waals surface area contributed by atoms with Crippen LogP contribution in [0, 0.1) is 5.41 Å². The number of nitrogens with zero attached hydrogens (tertiary/aromatic N) is 1. The molecule has 2 N–H and O–H groups in total. The number of phenols is 1. The van der Waals surface area contributed by atoms with Crippen LogP contribution in [0.2, 0.25) is 0 Å². The van der Waals surface area contributed by atoms with Gasteiger partial charge in [-0.3, -0.25) is 9.35 Å². The van der Waals surface area contributed by atoms with Gasteiger partial charge in [-0.25, -0.2) is 0 Å². The van der Waals surface area contributed by atoms with Crippen molar-refractivity contribution in [2.45, 2.75) is 83.6 Å². The summed E-state index contributed by atoms with van der Waals surface area (Å²) in [6.07, 6.45) is 8.52. The lowest BCUT2D eigenvalue weighted by Crippen LogP contribution is -2.64. The minimum atomic E-state index is -3.67. The first-order chi connectivity index (χ1) is 14.3. The van der Waals surface area contributed by atoms with Crippen molar-refractivity contribution < 1.29 is 22.9 Å². The number of Topliss-reactive ketones (excluding diaryl/α,β-unsaturated/α-hetero) is 1. The van der Waals surface area contributed by atoms with E-state index >= 15 is 0 Å². The number of fused-ring (bicyclic) bond motifs is 4. The van der Waals surface area contributed by atoms with Crippen LogP contribution < -0.4 is 0 Å². The highest BCUT2D eigenvalue weighted by atomic mass is 32.2. The molecule has 7 heteroatoms. The van der Waals surface area contributed by atoms with E-state index in [1.54, 1.807) is 0 Å². The molecular formula is C24H39NO5S. The summed E-state index contributed by atoms with van der Waals surface area (Å²) >= 11 is 0. The molecule has 0 aromatic heterocycles. The van der Waals surface area contributed by atoms with Crippen molar-refractivity contribution in [3.63, 3.8) is 0 Å². The summed E-state index contributed by atoms with van der Waals surface area (Å²) < 4.78 is 25.9. The van der Waals surface area contributed by atoms with Gasteiger partial charge in [0.25, 0.3) is 10.1 Å². The number of rotatable bonds is 7. The maximum atomic E-state index is 12.5. The van der Waals surface area contributed by atoms with Gasteiger partial charge in [-0.2, -0.15) is 8.42 Å². The van der Waals surface area contributed by atoms with E-state index in [-0.39, 0.29) is 10.8 Å². The molecule has 3 atom stereocenters. The molecule has 0 spiro atoms. The summed E-state index contributed by atoms with van der Waals surface area (Å²) in [5, 5.41) is 10.1. The van der Waals surface area contributed by atoms with Gasteiger partial charge in [0, 0.05) is 24.3 Å². The van der Waals surface area contributed by atoms with Crippen LogP contribution >= 0.6 is 0 Å². The molecule has 0 amide bonds. The Labute approximate surface area is 187 Å². The third-order valence-corrected chi connectivity index (χ3v) is 7.58. The fourth-order valence-corrected chi connectivity index (χ4v) is 5.52. The van der Waals surface area contributed by atoms with E-state index < -0.39 is 10.1 Å². The topological polar surface area (TPSA) is 94.9 Å². The molecule has 1 heterocycles. The Kier molecular flexibility index (Phi) is 8.33. The maximum absolute atomic E-state index is 12.5. The number of phenolic OH excluding ortho intramolecular Hbond substituents is 1. The van der Waals surface area contributed by atoms with Crippen molar-refractivity contribution in [1.82, 2.24) is 4.90 Å². The smallest absolute Gasteiger partial charge is 0.261 e. The Balaban J connectivity index is 0.000000614. The standard InChI is InChI=1S/C23H35NO2.CH4O3S/c1-5-6-7-8-18(25)11-12-23(3)21-15-17-9-10-19(26)16-20(17)22(23,2)13-14-24(21)4;1-5(2,3)4/h9-10,16,21,26H,5-8,11-15H2,1-4H3;1H3,(H,2,3,4)/t21-,22+,23+;/m1./s1. The molecule has 1 saturated heterocycles. The molecule has 1 aliphatic carbocycles. The van der Waals surface area contributed by atoms with Gasteiger partial charge >= 0.3 is 0 Å². The second kappa shape index (κ2) is 10.0. The van der Waals surface area contributed by atoms with E-state index in [4.69, 9.17) is 4.55 Å². The summed E-state index contributed by atoms with van der Waals surface area (Å²) in [6, 6.07) is 6.36. The molecule has 0 saturated carbocycles. The fourth-order valence-electron chi connectivity index (χ4n) is 5.52. The van der Waals surface area contributed by atoms with E-state index in [1.165, 1.54) is 11.1 Å². The van der Waals surface area contributed by atoms with Crippen LogP contribution in [0.3, 0.4) is 0 Å². The molecule has 1 fully saturated rings. The lowest BCUT2D eigenvalue weighted by molar-refractivity contribution is -0.121. The molecule has 1 aromatic rings. The molecule has 3 rings (SSSR count). The van der Waals surface area contributed by atoms with Gasteiger partial charge in [0.15, 0.2) is 0 Å². The molecule has 2 aliphatic rings. The third kappa shape index (κ3) is 6.08. The van der Waals surface area contributed by atoms with Crippen LogP contribution in [0.15, 0.2) is 18.2 Å². The quantitative estimate of drug-likeness (QED) is 0.471. The predicted octanol–water partition coefficient (Wildman–Crippen LogP) is 4.35. The van der Waals surface area contributed by atoms with Crippen LogP contribution in [0.1, 0.15) is 76.8 Å². The van der Waals surface area contributed by atoms with Crippen LogP contribution in [0.5, 0.6) is 5.75 Å². The number of aromatic hydroxyl groups is 1. The summed E-state index contributed by atoms with van der Waals surface area (Å²) in [6.45, 7) is 8.01. The van der Waals surface area contributed by atoms with Crippen LogP contribution in [0.4, 0.5) is 0 Å². The monoisotopic (exact) mass is 453 g/mol. The highest BCUT2D eigenvalue weighted by Crippen LogP contribution is 2.58. The van der Waals surface area contributed by atoms with Crippen LogP contribution in [0.25, 0.3) is 0 Å². The van der Waals surface area contributed by atoms with Gasteiger partial charge in [0.2, 0.25) is 0 Å². The van der Waals surface area contributed by atoms with Gasteiger partial charge in [-0.15, -0.1) is 0 Å². The first-order valence-electron chi connectivity index (χ1n) is 11.3. The first-order valence-corrected chi connectivity index (χ1v) is 13.1. The SMILES string of the molecule is CCCCCC(=O)CC[C@@]1(C)[C@H]2Cc3ccc(O)cc3[C@]1(C)CCN2C.CS(=O)(=O)O. The van der Waals surface area contributed by atoms with E-state index in [2.05, 4.69) is 38.8 Å². The summed E-state index contributed by atoms with van der Waals surface area (Å²) in [4.78, 5) is 15.0. The van der Waals surface area contributed by atoms with Crippen molar-refractivity contribution >= 4 is 15.9 Å². The average Bonchev–Trinajstić information content (AvgIpc) is 2.66. The Bertz CT molecular complexity index is 876. The van der Waals surface area contributed by atoms with Crippen molar-refractivity contribution in [3.8, 4) is 5.75 Å². The predicted molar refractivity (Wildman–Crippen MR) is 124 cm³/mol. The Hall–Kier alpha value is -1.44. The van der Waals surface area contributed by atoms with Crippen LogP contribution in [-0.2, 0) is 26.7 Å². The van der Waals surface area contributed by atoms with Gasteiger partial charge in [-0.1, -0.05) is 39.7 Å².